The van der Waals surface area contributed by atoms with E-state index >= 15 is 0 Å². The van der Waals surface area contributed by atoms with Crippen LogP contribution >= 0.6 is 22.7 Å². The number of fused-ring (bicyclic) bond motifs is 14. The number of hydrogen-bond donors (Lipinski definition) is 0. The summed E-state index contributed by atoms with van der Waals surface area (Å²) in [5.74, 6) is 0. The molecule has 0 radical (unpaired) electrons. The minimum atomic E-state index is 1.07. The van der Waals surface area contributed by atoms with Crippen LogP contribution in [0.5, 0.6) is 0 Å². The van der Waals surface area contributed by atoms with Gasteiger partial charge in [-0.3, -0.25) is 4.98 Å². The van der Waals surface area contributed by atoms with Crippen molar-refractivity contribution in [3.05, 3.63) is 188 Å². The Balaban J connectivity index is 1.19. The van der Waals surface area contributed by atoms with Gasteiger partial charge in [0.1, 0.15) is 0 Å². The summed E-state index contributed by atoms with van der Waals surface area (Å²) in [5.41, 5.74) is 18.4. The quantitative estimate of drug-likeness (QED) is 0.175. The van der Waals surface area contributed by atoms with E-state index in [1.165, 1.54) is 113 Å². The Hall–Kier alpha value is -6.65. The van der Waals surface area contributed by atoms with Gasteiger partial charge in [0.15, 0.2) is 0 Å². The van der Waals surface area contributed by atoms with Gasteiger partial charge in [0.25, 0.3) is 0 Å². The maximum absolute atomic E-state index is 4.82. The predicted octanol–water partition coefficient (Wildman–Crippen LogP) is 15.8. The summed E-state index contributed by atoms with van der Waals surface area (Å²) in [7, 11) is 0. The van der Waals surface area contributed by atoms with Crippen molar-refractivity contribution in [3.63, 3.8) is 0 Å². The van der Waals surface area contributed by atoms with E-state index in [1.54, 1.807) is 0 Å². The highest BCUT2D eigenvalue weighted by Crippen LogP contribution is 2.52. The van der Waals surface area contributed by atoms with Crippen molar-refractivity contribution >= 4 is 63.1 Å². The molecule has 12 rings (SSSR count). The Morgan fingerprint density at radius 3 is 1.43 bits per heavy atom. The van der Waals surface area contributed by atoms with Crippen molar-refractivity contribution in [2.75, 3.05) is 0 Å². The van der Waals surface area contributed by atoms with Crippen LogP contribution in [0.3, 0.4) is 0 Å². The first-order valence-electron chi connectivity index (χ1n) is 19.0. The lowest BCUT2D eigenvalue weighted by molar-refractivity contribution is 1.44. The fourth-order valence-corrected chi connectivity index (χ4v) is 11.5. The molecule has 3 heterocycles. The van der Waals surface area contributed by atoms with Crippen molar-refractivity contribution in [2.24, 2.45) is 0 Å². The Morgan fingerprint density at radius 2 is 0.732 bits per heavy atom. The minimum Gasteiger partial charge on any atom is -0.255 e. The lowest BCUT2D eigenvalue weighted by atomic mass is 9.78. The summed E-state index contributed by atoms with van der Waals surface area (Å²) >= 11 is 3.73. The predicted molar refractivity (Wildman–Crippen MR) is 242 cm³/mol. The molecule has 56 heavy (non-hydrogen) atoms. The Labute approximate surface area is 332 Å². The van der Waals surface area contributed by atoms with Crippen LogP contribution in [0.4, 0.5) is 0 Å². The second kappa shape index (κ2) is 12.4. The van der Waals surface area contributed by atoms with E-state index < -0.39 is 0 Å². The Morgan fingerprint density at radius 1 is 0.304 bits per heavy atom. The summed E-state index contributed by atoms with van der Waals surface area (Å²) in [4.78, 5) is 4.82. The second-order valence-electron chi connectivity index (χ2n) is 14.6. The molecule has 0 fully saturated rings. The molecule has 0 saturated heterocycles. The molecular weight excluding hydrogens is 715 g/mol. The Bertz CT molecular complexity index is 3240. The zero-order valence-corrected chi connectivity index (χ0v) is 31.8. The number of nitrogens with zero attached hydrogens (tertiary/aromatic N) is 1. The highest BCUT2D eigenvalue weighted by molar-refractivity contribution is 7.26. The highest BCUT2D eigenvalue weighted by Gasteiger charge is 2.25. The van der Waals surface area contributed by atoms with Gasteiger partial charge in [0.2, 0.25) is 0 Å². The lowest BCUT2D eigenvalue weighted by Crippen LogP contribution is -1.99. The molecule has 1 aliphatic carbocycles. The van der Waals surface area contributed by atoms with E-state index in [0.29, 0.717) is 0 Å². The third-order valence-corrected chi connectivity index (χ3v) is 13.9. The summed E-state index contributed by atoms with van der Waals surface area (Å²) in [6.07, 6.45) is 1.91. The van der Waals surface area contributed by atoms with E-state index in [4.69, 9.17) is 4.98 Å². The summed E-state index contributed by atoms with van der Waals surface area (Å²) in [6.45, 7) is 0. The van der Waals surface area contributed by atoms with Gasteiger partial charge in [-0.1, -0.05) is 146 Å². The van der Waals surface area contributed by atoms with E-state index in [2.05, 4.69) is 176 Å². The molecular formula is C53H31NS2. The van der Waals surface area contributed by atoms with Gasteiger partial charge in [-0.2, -0.15) is 0 Å². The van der Waals surface area contributed by atoms with Crippen molar-refractivity contribution in [3.8, 4) is 77.9 Å². The van der Waals surface area contributed by atoms with Crippen LogP contribution in [-0.2, 0) is 0 Å². The minimum absolute atomic E-state index is 1.07. The summed E-state index contributed by atoms with van der Waals surface area (Å²) in [6, 6.07) is 67.5. The molecule has 260 valence electrons. The molecule has 0 amide bonds. The first-order chi connectivity index (χ1) is 27.8. The topological polar surface area (TPSA) is 12.9 Å². The van der Waals surface area contributed by atoms with Gasteiger partial charge in [0.05, 0.1) is 10.2 Å². The number of hydrogen-bond acceptors (Lipinski definition) is 3. The molecule has 3 heteroatoms. The molecule has 1 nitrogen and oxygen atoms in total. The van der Waals surface area contributed by atoms with Gasteiger partial charge in [-0.25, -0.2) is 0 Å². The smallest absolute Gasteiger partial charge is 0.0888 e. The number of pyridine rings is 1. The largest absolute Gasteiger partial charge is 0.255 e. The van der Waals surface area contributed by atoms with E-state index in [9.17, 15) is 0 Å². The normalized spacial score (nSPS) is 11.9. The molecule has 0 bridgehead atoms. The van der Waals surface area contributed by atoms with Crippen LogP contribution in [0.25, 0.3) is 118 Å². The maximum atomic E-state index is 4.82. The zero-order valence-electron chi connectivity index (χ0n) is 30.2. The van der Waals surface area contributed by atoms with Gasteiger partial charge in [-0.15, -0.1) is 22.7 Å². The van der Waals surface area contributed by atoms with Crippen molar-refractivity contribution < 1.29 is 0 Å². The average molecular weight is 746 g/mol. The van der Waals surface area contributed by atoms with Crippen molar-refractivity contribution in [1.29, 1.82) is 0 Å². The monoisotopic (exact) mass is 745 g/mol. The van der Waals surface area contributed by atoms with Crippen LogP contribution in [0, 0.1) is 0 Å². The molecule has 0 unspecified atom stereocenters. The van der Waals surface area contributed by atoms with Crippen LogP contribution in [0.15, 0.2) is 188 Å². The fourth-order valence-electron chi connectivity index (χ4n) is 9.06. The molecule has 0 aliphatic heterocycles. The number of benzene rings is 8. The first-order valence-corrected chi connectivity index (χ1v) is 20.7. The molecule has 8 aromatic carbocycles. The highest BCUT2D eigenvalue weighted by atomic mass is 32.1. The SMILES string of the molecule is c1ccc2c(c1)-c1ccccc1-c1cccc(-c3cc(-c4cccc5c4sc4ccccc45)cc(-c4cccc5c4sc4cccnc45)c3)c1-c1ccccc1-2. The average Bonchev–Trinajstić information content (AvgIpc) is 3.84. The molecule has 0 atom stereocenters. The number of rotatable bonds is 3. The molecule has 3 aromatic heterocycles. The molecule has 11 aromatic rings. The van der Waals surface area contributed by atoms with Crippen molar-refractivity contribution in [1.82, 2.24) is 4.98 Å². The molecule has 0 N–H and O–H groups in total. The van der Waals surface area contributed by atoms with Crippen LogP contribution in [-0.4, -0.2) is 4.98 Å². The van der Waals surface area contributed by atoms with Crippen LogP contribution in [0.1, 0.15) is 0 Å². The molecule has 0 spiro atoms. The van der Waals surface area contributed by atoms with E-state index in [1.807, 2.05) is 34.9 Å². The Kier molecular flexibility index (Phi) is 7.04. The summed E-state index contributed by atoms with van der Waals surface area (Å²) in [5, 5.41) is 3.82. The second-order valence-corrected chi connectivity index (χ2v) is 16.7. The van der Waals surface area contributed by atoms with Gasteiger partial charge >= 0.3 is 0 Å². The number of thiophene rings is 2. The third-order valence-electron chi connectivity index (χ3n) is 11.5. The molecule has 1 aliphatic rings. The lowest BCUT2D eigenvalue weighted by Gasteiger charge is -2.25. The van der Waals surface area contributed by atoms with Crippen LogP contribution < -0.4 is 0 Å². The fraction of sp³-hybridized carbons (Fsp3) is 0. The number of aromatic nitrogens is 1. The third kappa shape index (κ3) is 4.75. The van der Waals surface area contributed by atoms with E-state index in [-0.39, 0.29) is 0 Å². The first kappa shape index (κ1) is 31.7. The van der Waals surface area contributed by atoms with Gasteiger partial charge < -0.3 is 0 Å². The van der Waals surface area contributed by atoms with Crippen molar-refractivity contribution in [2.45, 2.75) is 0 Å². The van der Waals surface area contributed by atoms with Gasteiger partial charge in [-0.05, 0) is 114 Å². The molecule has 0 saturated carbocycles. The van der Waals surface area contributed by atoms with Crippen LogP contribution in [0.2, 0.25) is 0 Å². The van der Waals surface area contributed by atoms with Gasteiger partial charge in [0, 0.05) is 36.5 Å². The zero-order chi connectivity index (χ0) is 36.7. The standard InChI is InChI=1S/C53H31NS2/c1-2-14-39-38(13-1)40-15-3-4-16-42(40)45-23-9-20-35(50(45)44-19-6-5-17-41(39)44)32-29-33(36-21-10-24-46-43-18-7-8-26-48(43)55-52(36)46)31-34(30-32)37-22-11-25-47-51-49(56-53(37)47)27-12-28-54-51/h1-31H. The summed E-state index contributed by atoms with van der Waals surface area (Å²) < 4.78 is 5.11. The van der Waals surface area contributed by atoms with E-state index in [0.717, 1.165) is 5.52 Å². The maximum Gasteiger partial charge on any atom is 0.0888 e.